The molecule has 15 heavy (non-hydrogen) atoms. The minimum atomic E-state index is -0.519. The molecule has 1 aromatic rings. The van der Waals surface area contributed by atoms with Gasteiger partial charge in [0.05, 0.1) is 12.8 Å². The number of benzene rings is 1. The van der Waals surface area contributed by atoms with Crippen molar-refractivity contribution in [3.63, 3.8) is 0 Å². The van der Waals surface area contributed by atoms with Gasteiger partial charge in [0.15, 0.2) is 11.5 Å². The molecule has 0 radical (unpaired) electrons. The highest BCUT2D eigenvalue weighted by atomic mass is 35.5. The number of ketones is 1. The molecule has 2 rings (SSSR count). The molecular formula is C9H9ClFNO2S. The Morgan fingerprint density at radius 1 is 1.40 bits per heavy atom. The number of carbonyl (C=O) groups is 1. The number of hydrogen-bond acceptors (Lipinski definition) is 3. The van der Waals surface area contributed by atoms with Gasteiger partial charge in [-0.1, -0.05) is 0 Å². The lowest BCUT2D eigenvalue weighted by Gasteiger charge is -2.06. The molecule has 0 fully saturated rings. The molecule has 0 saturated heterocycles. The van der Waals surface area contributed by atoms with Gasteiger partial charge in [-0.25, -0.2) is 9.60 Å². The molecule has 82 valence electrons. The predicted octanol–water partition coefficient (Wildman–Crippen LogP) is -2.29. The van der Waals surface area contributed by atoms with Gasteiger partial charge in [-0.2, -0.15) is 0 Å². The van der Waals surface area contributed by atoms with Crippen LogP contribution in [0.1, 0.15) is 22.3 Å². The summed E-state index contributed by atoms with van der Waals surface area (Å²) in [7, 11) is 0. The van der Waals surface area contributed by atoms with E-state index in [0.29, 0.717) is 29.7 Å². The van der Waals surface area contributed by atoms with E-state index in [1.54, 1.807) is 0 Å². The molecule has 2 N–H and O–H groups in total. The van der Waals surface area contributed by atoms with E-state index in [1.807, 2.05) is 0 Å². The summed E-state index contributed by atoms with van der Waals surface area (Å²) in [6.07, 6.45) is 0.932. The molecule has 0 aliphatic heterocycles. The number of quaternary nitrogens is 1. The largest absolute Gasteiger partial charge is 1.00 e. The fraction of sp³-hybridized carbons (Fsp3) is 0.222. The van der Waals surface area contributed by atoms with Gasteiger partial charge in [-0.3, -0.25) is 4.79 Å². The molecule has 0 aromatic heterocycles. The highest BCUT2D eigenvalue weighted by molar-refractivity contribution is 7.73. The zero-order chi connectivity index (χ0) is 10.3. The van der Waals surface area contributed by atoms with Crippen molar-refractivity contribution in [2.24, 2.45) is 0 Å². The SMILES string of the molecule is O=C1CCc2c1cc(F)cc2[NH+](O)S.[Cl-]. The maximum Gasteiger partial charge on any atom is 0.182 e. The van der Waals surface area contributed by atoms with Crippen molar-refractivity contribution in [2.75, 3.05) is 0 Å². The summed E-state index contributed by atoms with van der Waals surface area (Å²) in [6, 6.07) is 2.41. The minimum absolute atomic E-state index is 0. The number of hydrogen-bond donors (Lipinski definition) is 3. The fourth-order valence-electron chi connectivity index (χ4n) is 1.73. The van der Waals surface area contributed by atoms with E-state index in [9.17, 15) is 14.4 Å². The average molecular weight is 250 g/mol. The molecular weight excluding hydrogens is 241 g/mol. The van der Waals surface area contributed by atoms with Gasteiger partial charge >= 0.3 is 0 Å². The van der Waals surface area contributed by atoms with Crippen LogP contribution in [-0.2, 0) is 6.42 Å². The van der Waals surface area contributed by atoms with Gasteiger partial charge in [-0.15, -0.1) is 4.47 Å². The highest BCUT2D eigenvalue weighted by Gasteiger charge is 2.27. The zero-order valence-corrected chi connectivity index (χ0v) is 9.28. The Morgan fingerprint density at radius 3 is 2.67 bits per heavy atom. The van der Waals surface area contributed by atoms with Crippen molar-refractivity contribution in [1.29, 1.82) is 0 Å². The molecule has 6 heteroatoms. The van der Waals surface area contributed by atoms with Crippen LogP contribution in [0.25, 0.3) is 0 Å². The Kier molecular flexibility index (Phi) is 3.72. The predicted molar refractivity (Wildman–Crippen MR) is 50.4 cm³/mol. The van der Waals surface area contributed by atoms with Gasteiger partial charge in [0, 0.05) is 23.6 Å². The van der Waals surface area contributed by atoms with Crippen molar-refractivity contribution in [1.82, 2.24) is 0 Å². The number of thiol groups is 1. The van der Waals surface area contributed by atoms with Crippen LogP contribution >= 0.6 is 12.8 Å². The van der Waals surface area contributed by atoms with E-state index >= 15 is 0 Å². The zero-order valence-electron chi connectivity index (χ0n) is 7.63. The maximum atomic E-state index is 13.0. The maximum absolute atomic E-state index is 13.0. The molecule has 1 aliphatic rings. The molecule has 0 amide bonds. The summed E-state index contributed by atoms with van der Waals surface area (Å²) in [5, 5.41) is 9.20. The number of fused-ring (bicyclic) bond motifs is 1. The first-order valence-electron chi connectivity index (χ1n) is 4.20. The first-order chi connectivity index (χ1) is 6.59. The molecule has 1 atom stereocenters. The van der Waals surface area contributed by atoms with Gasteiger partial charge < -0.3 is 12.4 Å². The molecule has 0 bridgehead atoms. The number of nitrogens with one attached hydrogen (secondary N) is 1. The van der Waals surface area contributed by atoms with Gasteiger partial charge in [-0.05, 0) is 12.5 Å². The lowest BCUT2D eigenvalue weighted by Crippen LogP contribution is -3.00. The van der Waals surface area contributed by atoms with E-state index in [0.717, 1.165) is 0 Å². The minimum Gasteiger partial charge on any atom is -1.00 e. The topological polar surface area (TPSA) is 41.7 Å². The third kappa shape index (κ3) is 2.15. The third-order valence-corrected chi connectivity index (χ3v) is 2.60. The third-order valence-electron chi connectivity index (χ3n) is 2.36. The first-order valence-corrected chi connectivity index (χ1v) is 4.65. The standard InChI is InChI=1S/C9H8FNO2S.ClH/c10-5-3-7-6(1-2-9(7)12)8(4-5)11(13)14;/h3-4,13-14H,1-2H2;1H. The Bertz CT molecular complexity index is 411. The van der Waals surface area contributed by atoms with Crippen molar-refractivity contribution in [3.05, 3.63) is 29.1 Å². The molecule has 3 nitrogen and oxygen atoms in total. The van der Waals surface area contributed by atoms with Crippen molar-refractivity contribution in [2.45, 2.75) is 12.8 Å². The first kappa shape index (κ1) is 12.4. The van der Waals surface area contributed by atoms with Gasteiger partial charge in [0.25, 0.3) is 0 Å². The number of rotatable bonds is 1. The van der Waals surface area contributed by atoms with Crippen LogP contribution in [0.4, 0.5) is 10.1 Å². The summed E-state index contributed by atoms with van der Waals surface area (Å²) in [5.74, 6) is -0.593. The van der Waals surface area contributed by atoms with Crippen LogP contribution in [0.15, 0.2) is 12.1 Å². The molecule has 0 saturated carbocycles. The van der Waals surface area contributed by atoms with Crippen LogP contribution in [0.5, 0.6) is 0 Å². The smallest absolute Gasteiger partial charge is 0.182 e. The summed E-state index contributed by atoms with van der Waals surface area (Å²) >= 11 is 3.76. The fourth-order valence-corrected chi connectivity index (χ4v) is 1.93. The second-order valence-electron chi connectivity index (χ2n) is 3.23. The van der Waals surface area contributed by atoms with Gasteiger partial charge in [0.1, 0.15) is 5.82 Å². The van der Waals surface area contributed by atoms with Gasteiger partial charge in [0.2, 0.25) is 0 Å². The average Bonchev–Trinajstić information content (AvgIpc) is 2.47. The van der Waals surface area contributed by atoms with Crippen LogP contribution in [0, 0.1) is 5.82 Å². The van der Waals surface area contributed by atoms with E-state index in [2.05, 4.69) is 12.8 Å². The molecule has 0 heterocycles. The Balaban J connectivity index is 0.00000112. The molecule has 1 aliphatic carbocycles. The van der Waals surface area contributed by atoms with E-state index in [-0.39, 0.29) is 22.7 Å². The van der Waals surface area contributed by atoms with E-state index < -0.39 is 5.82 Å². The van der Waals surface area contributed by atoms with Crippen LogP contribution in [0.2, 0.25) is 0 Å². The number of Topliss-reactive ketones (excluding diaryl/α,β-unsaturated/α-hetero) is 1. The highest BCUT2D eigenvalue weighted by Crippen LogP contribution is 2.28. The summed E-state index contributed by atoms with van der Waals surface area (Å²) < 4.78 is 12.8. The van der Waals surface area contributed by atoms with Crippen molar-refractivity contribution >= 4 is 24.3 Å². The van der Waals surface area contributed by atoms with Crippen LogP contribution in [-0.4, -0.2) is 11.0 Å². The second-order valence-corrected chi connectivity index (χ2v) is 3.65. The number of halogens is 2. The Labute approximate surface area is 97.8 Å². The summed E-state index contributed by atoms with van der Waals surface area (Å²) in [6.45, 7) is 0. The normalized spacial score (nSPS) is 15.8. The summed E-state index contributed by atoms with van der Waals surface area (Å²) in [4.78, 5) is 11.3. The molecule has 1 aromatic carbocycles. The van der Waals surface area contributed by atoms with Crippen molar-refractivity contribution < 1.29 is 31.3 Å². The van der Waals surface area contributed by atoms with E-state index in [1.165, 1.54) is 12.1 Å². The van der Waals surface area contributed by atoms with Crippen LogP contribution in [0.3, 0.4) is 0 Å². The van der Waals surface area contributed by atoms with Crippen molar-refractivity contribution in [3.8, 4) is 0 Å². The lowest BCUT2D eigenvalue weighted by atomic mass is 10.1. The lowest BCUT2D eigenvalue weighted by molar-refractivity contribution is -0.909. The monoisotopic (exact) mass is 249 g/mol. The summed E-state index contributed by atoms with van der Waals surface area (Å²) in [5.41, 5.74) is 1.40. The van der Waals surface area contributed by atoms with Crippen LogP contribution < -0.4 is 16.9 Å². The molecule has 0 spiro atoms. The Morgan fingerprint density at radius 2 is 2.07 bits per heavy atom. The number of carbonyl (C=O) groups excluding carboxylic acids is 1. The Hall–Kier alpha value is -0.620. The molecule has 1 unspecified atom stereocenters. The van der Waals surface area contributed by atoms with E-state index in [4.69, 9.17) is 0 Å². The second kappa shape index (κ2) is 4.49. The quantitative estimate of drug-likeness (QED) is 0.388.